The van der Waals surface area contributed by atoms with Gasteiger partial charge in [0, 0.05) is 5.69 Å². The van der Waals surface area contributed by atoms with Gasteiger partial charge in [0.2, 0.25) is 0 Å². The number of carboxylic acids is 1. The average Bonchev–Trinajstić information content (AvgIpc) is 2.10. The minimum atomic E-state index is -0.840. The van der Waals surface area contributed by atoms with E-state index >= 15 is 0 Å². The maximum atomic E-state index is 10.3. The van der Waals surface area contributed by atoms with Crippen molar-refractivity contribution in [2.24, 2.45) is 0 Å². The van der Waals surface area contributed by atoms with Crippen LogP contribution in [0.15, 0.2) is 24.3 Å². The Kier molecular flexibility index (Phi) is 3.29. The second kappa shape index (κ2) is 4.46. The first-order valence-corrected chi connectivity index (χ1v) is 4.34. The first-order chi connectivity index (χ1) is 6.59. The highest BCUT2D eigenvalue weighted by Crippen LogP contribution is 2.15. The number of carbonyl (C=O) groups is 1. The quantitative estimate of drug-likeness (QED) is 0.719. The summed E-state index contributed by atoms with van der Waals surface area (Å²) in [6, 6.07) is 5.66. The second-order valence-electron chi connectivity index (χ2n) is 3.13. The van der Waals surface area contributed by atoms with E-state index < -0.39 is 5.97 Å². The molecule has 0 atom stereocenters. The fraction of sp³-hybridized carbons (Fsp3) is 0.182. The summed E-state index contributed by atoms with van der Waals surface area (Å²) in [5.74, 6) is -0.840. The van der Waals surface area contributed by atoms with Crippen LogP contribution in [0.2, 0.25) is 0 Å². The fourth-order valence-electron chi connectivity index (χ4n) is 1.13. The van der Waals surface area contributed by atoms with Gasteiger partial charge < -0.3 is 10.8 Å². The lowest BCUT2D eigenvalue weighted by atomic mass is 10.1. The van der Waals surface area contributed by atoms with Gasteiger partial charge >= 0.3 is 5.97 Å². The number of aliphatic carboxylic acids is 1. The predicted octanol–water partition coefficient (Wildman–Crippen LogP) is 2.07. The molecule has 3 nitrogen and oxygen atoms in total. The lowest BCUT2D eigenvalue weighted by Gasteiger charge is -2.00. The second-order valence-corrected chi connectivity index (χ2v) is 3.13. The molecule has 0 fully saturated rings. The third-order valence-corrected chi connectivity index (χ3v) is 1.83. The van der Waals surface area contributed by atoms with Gasteiger partial charge in [0.05, 0.1) is 6.42 Å². The molecule has 0 aromatic heterocycles. The van der Waals surface area contributed by atoms with E-state index in [4.69, 9.17) is 10.8 Å². The Balaban J connectivity index is 2.80. The van der Waals surface area contributed by atoms with Crippen LogP contribution in [0, 0.1) is 6.92 Å². The summed E-state index contributed by atoms with van der Waals surface area (Å²) in [5, 5.41) is 8.43. The van der Waals surface area contributed by atoms with Gasteiger partial charge in [0.1, 0.15) is 0 Å². The Morgan fingerprint density at radius 3 is 2.93 bits per heavy atom. The highest BCUT2D eigenvalue weighted by atomic mass is 16.4. The molecule has 0 saturated carbocycles. The van der Waals surface area contributed by atoms with Crippen molar-refractivity contribution in [3.63, 3.8) is 0 Å². The van der Waals surface area contributed by atoms with Crippen LogP contribution < -0.4 is 5.73 Å². The zero-order valence-electron chi connectivity index (χ0n) is 8.03. The number of hydrogen-bond donors (Lipinski definition) is 2. The Morgan fingerprint density at radius 2 is 2.29 bits per heavy atom. The molecule has 0 saturated heterocycles. The van der Waals surface area contributed by atoms with Gasteiger partial charge in [-0.1, -0.05) is 23.8 Å². The Bertz CT molecular complexity index is 370. The van der Waals surface area contributed by atoms with Gasteiger partial charge in [-0.05, 0) is 24.6 Å². The summed E-state index contributed by atoms with van der Waals surface area (Å²) in [5.41, 5.74) is 8.34. The Labute approximate surface area is 82.9 Å². The lowest BCUT2D eigenvalue weighted by Crippen LogP contribution is -1.91. The predicted molar refractivity (Wildman–Crippen MR) is 56.9 cm³/mol. The molecule has 0 aliphatic carbocycles. The molecule has 3 N–H and O–H groups in total. The number of anilines is 1. The van der Waals surface area contributed by atoms with Gasteiger partial charge in [-0.25, -0.2) is 0 Å². The smallest absolute Gasteiger partial charge is 0.307 e. The molecule has 0 aliphatic heterocycles. The van der Waals surface area contributed by atoms with Crippen molar-refractivity contribution in [2.45, 2.75) is 13.3 Å². The molecule has 0 amide bonds. The molecule has 1 rings (SSSR count). The van der Waals surface area contributed by atoms with Crippen LogP contribution >= 0.6 is 0 Å². The van der Waals surface area contributed by atoms with Crippen molar-refractivity contribution in [1.29, 1.82) is 0 Å². The zero-order valence-corrected chi connectivity index (χ0v) is 8.03. The van der Waals surface area contributed by atoms with E-state index in [2.05, 4.69) is 0 Å². The minimum Gasteiger partial charge on any atom is -0.481 e. The number of nitrogen functional groups attached to an aromatic ring is 1. The van der Waals surface area contributed by atoms with E-state index in [-0.39, 0.29) is 6.42 Å². The number of rotatable bonds is 3. The summed E-state index contributed by atoms with van der Waals surface area (Å²) in [4.78, 5) is 10.3. The first kappa shape index (κ1) is 10.3. The molecule has 0 heterocycles. The maximum Gasteiger partial charge on any atom is 0.307 e. The summed E-state index contributed by atoms with van der Waals surface area (Å²) in [7, 11) is 0. The van der Waals surface area contributed by atoms with Crippen LogP contribution in [0.5, 0.6) is 0 Å². The van der Waals surface area contributed by atoms with Crippen LogP contribution in [-0.2, 0) is 4.79 Å². The molecule has 0 spiro atoms. The molecule has 74 valence electrons. The maximum absolute atomic E-state index is 10.3. The monoisotopic (exact) mass is 191 g/mol. The molecular formula is C11H13NO2. The SMILES string of the molecule is Cc1ccc(N)c(C=CCC(=O)O)c1. The van der Waals surface area contributed by atoms with Crippen LogP contribution in [0.3, 0.4) is 0 Å². The topological polar surface area (TPSA) is 63.3 Å². The number of carboxylic acid groups (broad SMARTS) is 1. The average molecular weight is 191 g/mol. The Hall–Kier alpha value is -1.77. The van der Waals surface area contributed by atoms with Gasteiger partial charge in [-0.2, -0.15) is 0 Å². The van der Waals surface area contributed by atoms with Crippen molar-refractivity contribution >= 4 is 17.7 Å². The zero-order chi connectivity index (χ0) is 10.6. The molecular weight excluding hydrogens is 178 g/mol. The van der Waals surface area contributed by atoms with Gasteiger partial charge in [0.25, 0.3) is 0 Å². The van der Waals surface area contributed by atoms with Gasteiger partial charge in [-0.3, -0.25) is 4.79 Å². The molecule has 14 heavy (non-hydrogen) atoms. The lowest BCUT2D eigenvalue weighted by molar-refractivity contribution is -0.135. The highest BCUT2D eigenvalue weighted by molar-refractivity contribution is 5.72. The van der Waals surface area contributed by atoms with E-state index in [1.807, 2.05) is 25.1 Å². The largest absolute Gasteiger partial charge is 0.481 e. The van der Waals surface area contributed by atoms with Gasteiger partial charge in [-0.15, -0.1) is 0 Å². The normalized spacial score (nSPS) is 10.6. The summed E-state index contributed by atoms with van der Waals surface area (Å²) in [6.45, 7) is 1.97. The van der Waals surface area contributed by atoms with Crippen LogP contribution in [0.25, 0.3) is 6.08 Å². The molecule has 1 aromatic carbocycles. The highest BCUT2D eigenvalue weighted by Gasteiger charge is 1.95. The van der Waals surface area contributed by atoms with Gasteiger partial charge in [0.15, 0.2) is 0 Å². The van der Waals surface area contributed by atoms with E-state index in [0.29, 0.717) is 5.69 Å². The van der Waals surface area contributed by atoms with Crippen LogP contribution in [-0.4, -0.2) is 11.1 Å². The Morgan fingerprint density at radius 1 is 1.57 bits per heavy atom. The standard InChI is InChI=1S/C11H13NO2/c1-8-5-6-10(12)9(7-8)3-2-4-11(13)14/h2-3,5-7H,4,12H2,1H3,(H,13,14). The first-order valence-electron chi connectivity index (χ1n) is 4.34. The van der Waals surface area contributed by atoms with Crippen molar-refractivity contribution in [3.8, 4) is 0 Å². The third-order valence-electron chi connectivity index (χ3n) is 1.83. The third kappa shape index (κ3) is 2.94. The molecule has 0 bridgehead atoms. The summed E-state index contributed by atoms with van der Waals surface area (Å²) < 4.78 is 0. The van der Waals surface area contributed by atoms with E-state index in [0.717, 1.165) is 11.1 Å². The molecule has 0 aliphatic rings. The van der Waals surface area contributed by atoms with Crippen molar-refractivity contribution in [3.05, 3.63) is 35.4 Å². The summed E-state index contributed by atoms with van der Waals surface area (Å²) in [6.07, 6.45) is 3.34. The van der Waals surface area contributed by atoms with Crippen molar-refractivity contribution in [1.82, 2.24) is 0 Å². The van der Waals surface area contributed by atoms with E-state index in [9.17, 15) is 4.79 Å². The number of nitrogens with two attached hydrogens (primary N) is 1. The van der Waals surface area contributed by atoms with Crippen molar-refractivity contribution in [2.75, 3.05) is 5.73 Å². The fourth-order valence-corrected chi connectivity index (χ4v) is 1.13. The molecule has 1 aromatic rings. The van der Waals surface area contributed by atoms with Crippen LogP contribution in [0.4, 0.5) is 5.69 Å². The molecule has 0 radical (unpaired) electrons. The van der Waals surface area contributed by atoms with Crippen molar-refractivity contribution < 1.29 is 9.90 Å². The molecule has 3 heteroatoms. The minimum absolute atomic E-state index is 0.0212. The number of benzene rings is 1. The number of aryl methyl sites for hydroxylation is 1. The van der Waals surface area contributed by atoms with Crippen LogP contribution in [0.1, 0.15) is 17.5 Å². The van der Waals surface area contributed by atoms with E-state index in [1.165, 1.54) is 0 Å². The summed E-state index contributed by atoms with van der Waals surface area (Å²) >= 11 is 0. The molecule has 0 unspecified atom stereocenters. The van der Waals surface area contributed by atoms with E-state index in [1.54, 1.807) is 12.2 Å². The number of hydrogen-bond acceptors (Lipinski definition) is 2.